The van der Waals surface area contributed by atoms with E-state index in [1.165, 1.54) is 0 Å². The van der Waals surface area contributed by atoms with Crippen LogP contribution in [-0.2, 0) is 16.6 Å². The van der Waals surface area contributed by atoms with E-state index in [1.807, 2.05) is 26.0 Å². The van der Waals surface area contributed by atoms with E-state index in [-0.39, 0.29) is 6.04 Å². The van der Waals surface area contributed by atoms with Gasteiger partial charge in [-0.2, -0.15) is 4.31 Å². The van der Waals surface area contributed by atoms with Crippen LogP contribution in [0.15, 0.2) is 45.9 Å². The van der Waals surface area contributed by atoms with E-state index in [0.29, 0.717) is 17.2 Å². The fourth-order valence-electron chi connectivity index (χ4n) is 2.34. The Morgan fingerprint density at radius 2 is 1.95 bits per heavy atom. The van der Waals surface area contributed by atoms with Gasteiger partial charge in [-0.05, 0) is 62.1 Å². The van der Waals surface area contributed by atoms with Crippen LogP contribution in [0.5, 0.6) is 0 Å². The van der Waals surface area contributed by atoms with Crippen molar-refractivity contribution in [1.82, 2.24) is 4.31 Å². The minimum atomic E-state index is -3.48. The standard InChI is InChI=1S/C16H19NO3S/c1-12-5-8-16(10-13(12)2)21(18,19)17(14-6-7-14)11-15-4-3-9-20-15/h3-5,8-10,14H,6-7,11H2,1-2H3. The van der Waals surface area contributed by atoms with Crippen LogP contribution in [0.1, 0.15) is 29.7 Å². The monoisotopic (exact) mass is 305 g/mol. The third-order valence-electron chi connectivity index (χ3n) is 3.93. The number of rotatable bonds is 5. The highest BCUT2D eigenvalue weighted by atomic mass is 32.2. The fourth-order valence-corrected chi connectivity index (χ4v) is 4.08. The quantitative estimate of drug-likeness (QED) is 0.852. The van der Waals surface area contributed by atoms with Crippen LogP contribution in [0.2, 0.25) is 0 Å². The van der Waals surface area contributed by atoms with E-state index < -0.39 is 10.0 Å². The smallest absolute Gasteiger partial charge is 0.243 e. The number of sulfonamides is 1. The molecule has 1 heterocycles. The van der Waals surface area contributed by atoms with Gasteiger partial charge in [-0.1, -0.05) is 6.07 Å². The molecule has 1 aromatic carbocycles. The predicted octanol–water partition coefficient (Wildman–Crippen LogP) is 3.25. The second kappa shape index (κ2) is 5.31. The summed E-state index contributed by atoms with van der Waals surface area (Å²) in [5.74, 6) is 0.675. The molecule has 0 aliphatic heterocycles. The van der Waals surface area contributed by atoms with Gasteiger partial charge in [0.2, 0.25) is 10.0 Å². The van der Waals surface area contributed by atoms with Gasteiger partial charge in [-0.15, -0.1) is 0 Å². The van der Waals surface area contributed by atoms with Gasteiger partial charge in [0.25, 0.3) is 0 Å². The van der Waals surface area contributed by atoms with Gasteiger partial charge >= 0.3 is 0 Å². The van der Waals surface area contributed by atoms with E-state index in [1.54, 1.807) is 28.8 Å². The maximum absolute atomic E-state index is 12.9. The lowest BCUT2D eigenvalue weighted by Gasteiger charge is -2.21. The minimum absolute atomic E-state index is 0.0988. The molecule has 0 atom stereocenters. The molecule has 0 bridgehead atoms. The lowest BCUT2D eigenvalue weighted by atomic mass is 10.1. The highest BCUT2D eigenvalue weighted by molar-refractivity contribution is 7.89. The summed E-state index contributed by atoms with van der Waals surface area (Å²) in [5.41, 5.74) is 2.09. The molecule has 0 unspecified atom stereocenters. The highest BCUT2D eigenvalue weighted by Gasteiger charge is 2.38. The third-order valence-corrected chi connectivity index (χ3v) is 5.83. The normalized spacial score (nSPS) is 15.6. The molecule has 4 nitrogen and oxygen atoms in total. The van der Waals surface area contributed by atoms with Crippen molar-refractivity contribution in [2.75, 3.05) is 0 Å². The summed E-state index contributed by atoms with van der Waals surface area (Å²) in [6.07, 6.45) is 3.42. The molecular formula is C16H19NO3S. The first-order valence-corrected chi connectivity index (χ1v) is 8.54. The maximum atomic E-state index is 12.9. The molecule has 5 heteroatoms. The molecule has 0 spiro atoms. The Balaban J connectivity index is 1.95. The van der Waals surface area contributed by atoms with E-state index in [0.717, 1.165) is 24.0 Å². The Bertz CT molecular complexity index is 731. The summed E-state index contributed by atoms with van der Waals surface area (Å²) in [5, 5.41) is 0. The van der Waals surface area contributed by atoms with E-state index >= 15 is 0 Å². The van der Waals surface area contributed by atoms with Crippen LogP contribution in [0.3, 0.4) is 0 Å². The van der Waals surface area contributed by atoms with Crippen molar-refractivity contribution in [3.8, 4) is 0 Å². The molecule has 0 amide bonds. The first kappa shape index (κ1) is 14.4. The number of hydrogen-bond acceptors (Lipinski definition) is 3. The van der Waals surface area contributed by atoms with Gasteiger partial charge in [-0.3, -0.25) is 0 Å². The van der Waals surface area contributed by atoms with E-state index in [4.69, 9.17) is 4.42 Å². The van der Waals surface area contributed by atoms with Gasteiger partial charge in [-0.25, -0.2) is 8.42 Å². The molecule has 1 aliphatic rings. The Hall–Kier alpha value is -1.59. The highest BCUT2D eigenvalue weighted by Crippen LogP contribution is 2.34. The summed E-state index contributed by atoms with van der Waals surface area (Å²) in [6, 6.07) is 8.99. The zero-order valence-corrected chi connectivity index (χ0v) is 13.1. The average Bonchev–Trinajstić information content (AvgIpc) is 3.15. The van der Waals surface area contributed by atoms with Crippen molar-refractivity contribution in [2.45, 2.75) is 44.2 Å². The fraction of sp³-hybridized carbons (Fsp3) is 0.375. The second-order valence-corrected chi connectivity index (χ2v) is 7.50. The first-order chi connectivity index (χ1) is 9.98. The number of nitrogens with zero attached hydrogens (tertiary/aromatic N) is 1. The van der Waals surface area contributed by atoms with E-state index in [2.05, 4.69) is 0 Å². The van der Waals surface area contributed by atoms with Gasteiger partial charge in [0.05, 0.1) is 17.7 Å². The molecule has 2 aromatic rings. The molecule has 3 rings (SSSR count). The Kier molecular flexibility index (Phi) is 3.63. The van der Waals surface area contributed by atoms with Gasteiger partial charge in [0, 0.05) is 6.04 Å². The van der Waals surface area contributed by atoms with Crippen LogP contribution < -0.4 is 0 Å². The SMILES string of the molecule is Cc1ccc(S(=O)(=O)N(Cc2ccco2)C2CC2)cc1C. The topological polar surface area (TPSA) is 50.5 Å². The van der Waals surface area contributed by atoms with E-state index in [9.17, 15) is 8.42 Å². The summed E-state index contributed by atoms with van der Waals surface area (Å²) >= 11 is 0. The molecule has 112 valence electrons. The summed E-state index contributed by atoms with van der Waals surface area (Å²) in [7, 11) is -3.48. The van der Waals surface area contributed by atoms with Crippen molar-refractivity contribution >= 4 is 10.0 Å². The Morgan fingerprint density at radius 3 is 2.52 bits per heavy atom. The first-order valence-electron chi connectivity index (χ1n) is 7.10. The molecule has 1 aromatic heterocycles. The van der Waals surface area contributed by atoms with Gasteiger partial charge in [0.1, 0.15) is 5.76 Å². The molecule has 0 radical (unpaired) electrons. The lowest BCUT2D eigenvalue weighted by molar-refractivity contribution is 0.356. The van der Waals surface area contributed by atoms with Crippen molar-refractivity contribution in [3.05, 3.63) is 53.5 Å². The second-order valence-electron chi connectivity index (χ2n) is 5.61. The lowest BCUT2D eigenvalue weighted by Crippen LogP contribution is -2.32. The maximum Gasteiger partial charge on any atom is 0.243 e. The summed E-state index contributed by atoms with van der Waals surface area (Å²) in [6.45, 7) is 4.21. The zero-order chi connectivity index (χ0) is 15.0. The molecule has 1 saturated carbocycles. The van der Waals surface area contributed by atoms with Gasteiger partial charge in [0.15, 0.2) is 0 Å². The third kappa shape index (κ3) is 2.89. The molecule has 0 N–H and O–H groups in total. The van der Waals surface area contributed by atoms with Crippen molar-refractivity contribution < 1.29 is 12.8 Å². The molecule has 0 saturated heterocycles. The van der Waals surface area contributed by atoms with Gasteiger partial charge < -0.3 is 4.42 Å². The summed E-state index contributed by atoms with van der Waals surface area (Å²) < 4.78 is 32.7. The van der Waals surface area contributed by atoms with Crippen LogP contribution in [-0.4, -0.2) is 18.8 Å². The van der Waals surface area contributed by atoms with Crippen LogP contribution in [0.4, 0.5) is 0 Å². The number of hydrogen-bond donors (Lipinski definition) is 0. The molecule has 21 heavy (non-hydrogen) atoms. The molecule has 1 fully saturated rings. The Morgan fingerprint density at radius 1 is 1.19 bits per heavy atom. The largest absolute Gasteiger partial charge is 0.468 e. The van der Waals surface area contributed by atoms with Crippen LogP contribution >= 0.6 is 0 Å². The Labute approximate surface area is 125 Å². The van der Waals surface area contributed by atoms with Crippen LogP contribution in [0.25, 0.3) is 0 Å². The number of benzene rings is 1. The molecular weight excluding hydrogens is 286 g/mol. The predicted molar refractivity (Wildman–Crippen MR) is 80.4 cm³/mol. The number of aryl methyl sites for hydroxylation is 2. The number of furan rings is 1. The van der Waals surface area contributed by atoms with Crippen molar-refractivity contribution in [1.29, 1.82) is 0 Å². The van der Waals surface area contributed by atoms with Crippen molar-refractivity contribution in [2.24, 2.45) is 0 Å². The average molecular weight is 305 g/mol. The summed E-state index contributed by atoms with van der Waals surface area (Å²) in [4.78, 5) is 0.365. The van der Waals surface area contributed by atoms with Crippen molar-refractivity contribution in [3.63, 3.8) is 0 Å². The minimum Gasteiger partial charge on any atom is -0.468 e. The zero-order valence-electron chi connectivity index (χ0n) is 12.2. The van der Waals surface area contributed by atoms with Crippen LogP contribution in [0, 0.1) is 13.8 Å². The molecule has 1 aliphatic carbocycles.